The Kier molecular flexibility index (Phi) is 10.3. The van der Waals surface area contributed by atoms with Crippen LogP contribution >= 0.6 is 0 Å². The van der Waals surface area contributed by atoms with Crippen LogP contribution in [0.15, 0.2) is 42.6 Å². The Hall–Kier alpha value is -4.31. The summed E-state index contributed by atoms with van der Waals surface area (Å²) in [6.45, 7) is 20.8. The quantitative estimate of drug-likeness (QED) is 0.134. The van der Waals surface area contributed by atoms with E-state index in [1.807, 2.05) is 62.1 Å². The first kappa shape index (κ1) is 39.5. The van der Waals surface area contributed by atoms with Crippen LogP contribution in [-0.4, -0.2) is 102 Å². The molecule has 0 saturated carbocycles. The lowest BCUT2D eigenvalue weighted by Gasteiger charge is -2.42. The number of benzene rings is 2. The van der Waals surface area contributed by atoms with Crippen LogP contribution in [0.5, 0.6) is 6.01 Å². The smallest absolute Gasteiger partial charge is 0.410 e. The summed E-state index contributed by atoms with van der Waals surface area (Å²) in [5, 5.41) is 2.36. The molecule has 302 valence electrons. The summed E-state index contributed by atoms with van der Waals surface area (Å²) in [5.41, 5.74) is 1.16. The first-order valence-electron chi connectivity index (χ1n) is 20.7. The number of hydrogen-bond donors (Lipinski definition) is 0. The number of piperazine rings is 1. The van der Waals surface area contributed by atoms with E-state index in [0.29, 0.717) is 43.1 Å². The number of pyridine rings is 1. The molecule has 0 spiro atoms. The fraction of sp³-hybridized carbons (Fsp3) is 0.556. The van der Waals surface area contributed by atoms with Crippen molar-refractivity contribution < 1.29 is 23.1 Å². The topological polar surface area (TPSA) is 93.2 Å². The fourth-order valence-corrected chi connectivity index (χ4v) is 9.94. The summed E-state index contributed by atoms with van der Waals surface area (Å²) < 4.78 is 36.1. The van der Waals surface area contributed by atoms with Crippen LogP contribution in [0.2, 0.25) is 18.1 Å². The third-order valence-corrected chi connectivity index (χ3v) is 17.5. The van der Waals surface area contributed by atoms with Gasteiger partial charge >= 0.3 is 12.1 Å². The Bertz CT molecular complexity index is 2230. The van der Waals surface area contributed by atoms with Crippen molar-refractivity contribution in [2.75, 3.05) is 44.3 Å². The number of nitrogens with zero attached hydrogens (tertiary/aromatic N) is 6. The first-order chi connectivity index (χ1) is 27.0. The minimum absolute atomic E-state index is 0.0330. The van der Waals surface area contributed by atoms with Crippen LogP contribution in [0.4, 0.5) is 15.0 Å². The molecule has 4 saturated heterocycles. The van der Waals surface area contributed by atoms with Crippen LogP contribution in [0.25, 0.3) is 32.9 Å². The van der Waals surface area contributed by atoms with Gasteiger partial charge in [-0.15, -0.1) is 0 Å². The minimum Gasteiger partial charge on any atom is -0.461 e. The van der Waals surface area contributed by atoms with Gasteiger partial charge in [-0.05, 0) is 102 Å². The van der Waals surface area contributed by atoms with Crippen molar-refractivity contribution in [3.8, 4) is 29.1 Å². The van der Waals surface area contributed by atoms with E-state index in [1.54, 1.807) is 6.20 Å². The predicted octanol–water partition coefficient (Wildman–Crippen LogP) is 8.95. The van der Waals surface area contributed by atoms with Crippen molar-refractivity contribution in [2.24, 2.45) is 0 Å². The standard InChI is InChI=1S/C45H57FN6O4Si/c1-43(2,3)56-42(53)52-32-19-20-33(52)28-50(27-32)40-35-26-47-38(37(46)39(35)48-41(49-40)54-29-45-21-12-23-51(45)24-13-22-45)34-18-10-16-30-14-9-15-31(36(30)34)17-11-25-55-57(7,8)44(4,5)6/h9-10,14-16,18,26,32-33H,12-13,19-25,27-29H2,1-8H3. The van der Waals surface area contributed by atoms with Crippen molar-refractivity contribution in [3.05, 3.63) is 54.0 Å². The highest BCUT2D eigenvalue weighted by Crippen LogP contribution is 2.42. The van der Waals surface area contributed by atoms with E-state index in [9.17, 15) is 4.79 Å². The highest BCUT2D eigenvalue weighted by atomic mass is 28.4. The van der Waals surface area contributed by atoms with Crippen LogP contribution in [0.3, 0.4) is 0 Å². The molecule has 12 heteroatoms. The van der Waals surface area contributed by atoms with Crippen molar-refractivity contribution in [1.82, 2.24) is 24.8 Å². The Balaban J connectivity index is 1.18. The molecule has 4 aromatic rings. The van der Waals surface area contributed by atoms with E-state index in [2.05, 4.69) is 55.5 Å². The van der Waals surface area contributed by atoms with E-state index in [-0.39, 0.29) is 46.0 Å². The van der Waals surface area contributed by atoms with Crippen molar-refractivity contribution >= 4 is 41.9 Å². The van der Waals surface area contributed by atoms with Gasteiger partial charge < -0.3 is 18.8 Å². The molecule has 4 aliphatic heterocycles. The Labute approximate surface area is 337 Å². The summed E-state index contributed by atoms with van der Waals surface area (Å²) in [4.78, 5) is 34.6. The Morgan fingerprint density at radius 2 is 1.67 bits per heavy atom. The van der Waals surface area contributed by atoms with Gasteiger partial charge in [0, 0.05) is 35.8 Å². The zero-order chi connectivity index (χ0) is 40.3. The van der Waals surface area contributed by atoms with Crippen molar-refractivity contribution in [2.45, 2.75) is 121 Å². The second-order valence-electron chi connectivity index (χ2n) is 19.0. The molecule has 1 amide bonds. The Morgan fingerprint density at radius 1 is 0.982 bits per heavy atom. The van der Waals surface area contributed by atoms with Gasteiger partial charge in [0.2, 0.25) is 0 Å². The highest BCUT2D eigenvalue weighted by Gasteiger charge is 2.47. The molecule has 4 fully saturated rings. The number of halogens is 1. The number of ether oxygens (including phenoxy) is 2. The average molecular weight is 793 g/mol. The first-order valence-corrected chi connectivity index (χ1v) is 23.6. The van der Waals surface area contributed by atoms with Crippen LogP contribution in [0, 0.1) is 17.7 Å². The maximum absolute atomic E-state index is 17.4. The van der Waals surface area contributed by atoms with Gasteiger partial charge in [0.25, 0.3) is 0 Å². The highest BCUT2D eigenvalue weighted by molar-refractivity contribution is 6.74. The number of fused-ring (bicyclic) bond motifs is 5. The number of hydrogen-bond acceptors (Lipinski definition) is 9. The molecule has 2 aromatic heterocycles. The molecular formula is C45H57FN6O4Si. The second-order valence-corrected chi connectivity index (χ2v) is 23.8. The molecule has 0 N–H and O–H groups in total. The summed E-state index contributed by atoms with van der Waals surface area (Å²) in [6, 6.07) is 11.8. The summed E-state index contributed by atoms with van der Waals surface area (Å²) in [6.07, 6.45) is 7.55. The maximum atomic E-state index is 17.4. The molecule has 8 rings (SSSR count). The van der Waals surface area contributed by atoms with Gasteiger partial charge in [-0.3, -0.25) is 14.8 Å². The minimum atomic E-state index is -1.97. The largest absolute Gasteiger partial charge is 0.461 e. The SMILES string of the molecule is CC(C)(C)OC(=O)N1C2CCC1CN(c1nc(OCC34CCCN3CCC4)nc3c(F)c(-c4cccc5cccc(C#CCO[Si](C)(C)C(C)(C)C)c45)ncc13)C2. The van der Waals surface area contributed by atoms with E-state index in [4.69, 9.17) is 28.9 Å². The number of carbonyl (C=O) groups excluding carboxylic acids is 1. The zero-order valence-electron chi connectivity index (χ0n) is 34.9. The van der Waals surface area contributed by atoms with Gasteiger partial charge in [-0.1, -0.05) is 62.9 Å². The van der Waals surface area contributed by atoms with E-state index in [0.717, 1.165) is 68.0 Å². The lowest BCUT2D eigenvalue weighted by Crippen LogP contribution is -2.57. The normalized spacial score (nSPS) is 20.9. The van der Waals surface area contributed by atoms with Crippen molar-refractivity contribution in [3.63, 3.8) is 0 Å². The lowest BCUT2D eigenvalue weighted by molar-refractivity contribution is 0.0122. The summed E-state index contributed by atoms with van der Waals surface area (Å²) >= 11 is 0. The number of carbonyl (C=O) groups is 1. The molecule has 0 radical (unpaired) electrons. The monoisotopic (exact) mass is 792 g/mol. The van der Waals surface area contributed by atoms with E-state index in [1.165, 1.54) is 0 Å². The maximum Gasteiger partial charge on any atom is 0.410 e. The molecule has 2 unspecified atom stereocenters. The summed E-state index contributed by atoms with van der Waals surface area (Å²) in [5.74, 6) is 6.64. The van der Waals surface area contributed by atoms with Gasteiger partial charge in [0.15, 0.2) is 14.1 Å². The molecule has 4 aliphatic rings. The molecule has 0 aliphatic carbocycles. The average Bonchev–Trinajstić information content (AvgIpc) is 3.82. The second kappa shape index (κ2) is 14.8. The third-order valence-electron chi connectivity index (χ3n) is 13.0. The van der Waals surface area contributed by atoms with E-state index < -0.39 is 19.7 Å². The van der Waals surface area contributed by atoms with Gasteiger partial charge in [0.1, 0.15) is 29.2 Å². The number of amides is 1. The van der Waals surface area contributed by atoms with Gasteiger partial charge in [0.05, 0.1) is 29.6 Å². The van der Waals surface area contributed by atoms with Crippen LogP contribution in [0.1, 0.15) is 85.6 Å². The summed E-state index contributed by atoms with van der Waals surface area (Å²) in [7, 11) is -1.97. The molecule has 6 heterocycles. The molecule has 2 atom stereocenters. The van der Waals surface area contributed by atoms with Crippen LogP contribution in [-0.2, 0) is 9.16 Å². The van der Waals surface area contributed by atoms with Gasteiger partial charge in [-0.2, -0.15) is 9.97 Å². The lowest BCUT2D eigenvalue weighted by atomic mass is 9.95. The number of rotatable bonds is 7. The molecule has 2 aromatic carbocycles. The predicted molar refractivity (Wildman–Crippen MR) is 226 cm³/mol. The molecule has 10 nitrogen and oxygen atoms in total. The third kappa shape index (κ3) is 7.59. The zero-order valence-corrected chi connectivity index (χ0v) is 35.9. The number of anilines is 1. The van der Waals surface area contributed by atoms with E-state index >= 15 is 4.39 Å². The fourth-order valence-electron chi connectivity index (χ4n) is 9.07. The van der Waals surface area contributed by atoms with Gasteiger partial charge in [-0.25, -0.2) is 9.18 Å². The molecular weight excluding hydrogens is 736 g/mol. The Morgan fingerprint density at radius 3 is 2.33 bits per heavy atom. The van der Waals surface area contributed by atoms with Crippen molar-refractivity contribution in [1.29, 1.82) is 0 Å². The number of aromatic nitrogens is 3. The molecule has 2 bridgehead atoms. The van der Waals surface area contributed by atoms with Crippen LogP contribution < -0.4 is 9.64 Å². The molecule has 57 heavy (non-hydrogen) atoms.